The molecule has 1 aromatic heterocycles. The highest BCUT2D eigenvalue weighted by Gasteiger charge is 2.26. The topological polar surface area (TPSA) is 64.8 Å². The summed E-state index contributed by atoms with van der Waals surface area (Å²) in [6.07, 6.45) is 0.732. The van der Waals surface area contributed by atoms with Crippen LogP contribution in [0.1, 0.15) is 12.1 Å². The first-order valence-electron chi connectivity index (χ1n) is 6.86. The molecule has 1 unspecified atom stereocenters. The van der Waals surface area contributed by atoms with Crippen molar-refractivity contribution in [1.82, 2.24) is 10.2 Å². The van der Waals surface area contributed by atoms with Crippen molar-refractivity contribution in [2.24, 2.45) is 0 Å². The van der Waals surface area contributed by atoms with E-state index in [1.165, 1.54) is 18.2 Å². The number of nitriles is 1. The molecule has 2 heterocycles. The average Bonchev–Trinajstić information content (AvgIpc) is 2.96. The number of benzene rings is 1. The maximum atomic E-state index is 13.8. The number of nitrogens with zero attached hydrogens (tertiary/aromatic N) is 4. The Labute approximate surface area is 126 Å². The van der Waals surface area contributed by atoms with E-state index in [1.54, 1.807) is 17.0 Å². The van der Waals surface area contributed by atoms with Crippen LogP contribution >= 0.6 is 0 Å². The first kappa shape index (κ1) is 14.2. The lowest BCUT2D eigenvalue weighted by molar-refractivity contribution is 0.577. The third-order valence-corrected chi connectivity index (χ3v) is 3.57. The minimum absolute atomic E-state index is 0.0118. The van der Waals surface area contributed by atoms with Gasteiger partial charge in [0, 0.05) is 19.1 Å². The van der Waals surface area contributed by atoms with Crippen LogP contribution in [-0.2, 0) is 0 Å². The van der Waals surface area contributed by atoms with Gasteiger partial charge in [-0.25, -0.2) is 8.78 Å². The van der Waals surface area contributed by atoms with E-state index < -0.39 is 11.6 Å². The Hall–Kier alpha value is -2.75. The zero-order valence-electron chi connectivity index (χ0n) is 11.6. The van der Waals surface area contributed by atoms with Gasteiger partial charge in [0.05, 0.1) is 0 Å². The summed E-state index contributed by atoms with van der Waals surface area (Å²) < 4.78 is 27.6. The molecular weight excluding hydrogens is 288 g/mol. The lowest BCUT2D eigenvalue weighted by Crippen LogP contribution is -2.27. The zero-order chi connectivity index (χ0) is 15.5. The standard InChI is InChI=1S/C15H13F2N5/c16-12-2-1-3-13(17)15(12)22-7-6-11(9-22)19-14-5-4-10(8-18)20-21-14/h1-5,11H,6-7,9H2,(H,19,21). The van der Waals surface area contributed by atoms with Gasteiger partial charge in [0.15, 0.2) is 5.69 Å². The summed E-state index contributed by atoms with van der Waals surface area (Å²) in [5, 5.41) is 19.5. The van der Waals surface area contributed by atoms with Gasteiger partial charge in [-0.1, -0.05) is 6.07 Å². The predicted molar refractivity (Wildman–Crippen MR) is 77.3 cm³/mol. The molecule has 22 heavy (non-hydrogen) atoms. The summed E-state index contributed by atoms with van der Waals surface area (Å²) in [4.78, 5) is 1.68. The Morgan fingerprint density at radius 2 is 1.95 bits per heavy atom. The molecule has 1 saturated heterocycles. The molecule has 0 aliphatic carbocycles. The fourth-order valence-corrected chi connectivity index (χ4v) is 2.55. The summed E-state index contributed by atoms with van der Waals surface area (Å²) in [6, 6.07) is 9.01. The summed E-state index contributed by atoms with van der Waals surface area (Å²) in [5.74, 6) is -0.572. The van der Waals surface area contributed by atoms with Gasteiger partial charge in [-0.2, -0.15) is 5.26 Å². The molecule has 0 saturated carbocycles. The highest BCUT2D eigenvalue weighted by molar-refractivity contribution is 5.51. The molecule has 3 rings (SSSR count). The van der Waals surface area contributed by atoms with Crippen molar-refractivity contribution in [3.05, 3.63) is 47.7 Å². The number of halogens is 2. The second kappa shape index (κ2) is 5.93. The molecule has 1 aliphatic heterocycles. The lowest BCUT2D eigenvalue weighted by Gasteiger charge is -2.20. The number of anilines is 2. The van der Waals surface area contributed by atoms with Crippen LogP contribution in [0.2, 0.25) is 0 Å². The number of para-hydroxylation sites is 1. The van der Waals surface area contributed by atoms with E-state index in [9.17, 15) is 8.78 Å². The van der Waals surface area contributed by atoms with Crippen LogP contribution in [0.15, 0.2) is 30.3 Å². The van der Waals surface area contributed by atoms with E-state index in [4.69, 9.17) is 5.26 Å². The summed E-state index contributed by atoms with van der Waals surface area (Å²) >= 11 is 0. The van der Waals surface area contributed by atoms with Crippen molar-refractivity contribution in [2.75, 3.05) is 23.3 Å². The molecule has 1 N–H and O–H groups in total. The molecular formula is C15H13F2N5. The SMILES string of the molecule is N#Cc1ccc(NC2CCN(c3c(F)cccc3F)C2)nn1. The van der Waals surface area contributed by atoms with E-state index in [-0.39, 0.29) is 17.4 Å². The molecule has 1 atom stereocenters. The normalized spacial score (nSPS) is 17.3. The van der Waals surface area contributed by atoms with Crippen molar-refractivity contribution in [1.29, 1.82) is 5.26 Å². The van der Waals surface area contributed by atoms with Crippen molar-refractivity contribution in [3.63, 3.8) is 0 Å². The lowest BCUT2D eigenvalue weighted by atomic mass is 10.2. The highest BCUT2D eigenvalue weighted by Crippen LogP contribution is 2.27. The molecule has 1 aromatic carbocycles. The van der Waals surface area contributed by atoms with E-state index in [0.717, 1.165) is 6.42 Å². The van der Waals surface area contributed by atoms with Crippen LogP contribution in [0, 0.1) is 23.0 Å². The number of aromatic nitrogens is 2. The van der Waals surface area contributed by atoms with Gasteiger partial charge in [0.25, 0.3) is 0 Å². The first-order chi connectivity index (χ1) is 10.7. The fraction of sp³-hybridized carbons (Fsp3) is 0.267. The summed E-state index contributed by atoms with van der Waals surface area (Å²) in [7, 11) is 0. The van der Waals surface area contributed by atoms with Gasteiger partial charge in [0.2, 0.25) is 0 Å². The number of nitrogens with one attached hydrogen (secondary N) is 1. The van der Waals surface area contributed by atoms with Gasteiger partial charge in [0.1, 0.15) is 29.2 Å². The minimum atomic E-state index is -0.557. The van der Waals surface area contributed by atoms with Crippen LogP contribution in [0.3, 0.4) is 0 Å². The van der Waals surface area contributed by atoms with Crippen LogP contribution < -0.4 is 10.2 Å². The minimum Gasteiger partial charge on any atom is -0.365 e. The van der Waals surface area contributed by atoms with Crippen molar-refractivity contribution < 1.29 is 8.78 Å². The Bertz CT molecular complexity index is 691. The summed E-state index contributed by atoms with van der Waals surface area (Å²) in [5.41, 5.74) is 0.254. The molecule has 7 heteroatoms. The monoisotopic (exact) mass is 301 g/mol. The first-order valence-corrected chi connectivity index (χ1v) is 6.86. The second-order valence-electron chi connectivity index (χ2n) is 5.06. The van der Waals surface area contributed by atoms with Crippen molar-refractivity contribution >= 4 is 11.5 Å². The fourth-order valence-electron chi connectivity index (χ4n) is 2.55. The summed E-state index contributed by atoms with van der Waals surface area (Å²) in [6.45, 7) is 1.03. The van der Waals surface area contributed by atoms with Gasteiger partial charge in [-0.3, -0.25) is 0 Å². The Morgan fingerprint density at radius 3 is 2.59 bits per heavy atom. The van der Waals surface area contributed by atoms with E-state index in [2.05, 4.69) is 15.5 Å². The van der Waals surface area contributed by atoms with Gasteiger partial charge in [-0.15, -0.1) is 10.2 Å². The van der Waals surface area contributed by atoms with Crippen LogP contribution in [-0.4, -0.2) is 29.3 Å². The van der Waals surface area contributed by atoms with E-state index in [0.29, 0.717) is 18.9 Å². The third kappa shape index (κ3) is 2.81. The molecule has 1 fully saturated rings. The van der Waals surface area contributed by atoms with E-state index >= 15 is 0 Å². The highest BCUT2D eigenvalue weighted by atomic mass is 19.1. The Morgan fingerprint density at radius 1 is 1.18 bits per heavy atom. The predicted octanol–water partition coefficient (Wildman–Crippen LogP) is 2.32. The Kier molecular flexibility index (Phi) is 3.83. The second-order valence-corrected chi connectivity index (χ2v) is 5.06. The number of hydrogen-bond acceptors (Lipinski definition) is 5. The van der Waals surface area contributed by atoms with E-state index in [1.807, 2.05) is 6.07 Å². The maximum absolute atomic E-state index is 13.8. The Balaban J connectivity index is 1.68. The molecule has 2 aromatic rings. The third-order valence-electron chi connectivity index (χ3n) is 3.57. The van der Waals surface area contributed by atoms with Crippen molar-refractivity contribution in [3.8, 4) is 6.07 Å². The zero-order valence-corrected chi connectivity index (χ0v) is 11.6. The van der Waals surface area contributed by atoms with Gasteiger partial charge in [-0.05, 0) is 30.7 Å². The average molecular weight is 301 g/mol. The number of hydrogen-bond donors (Lipinski definition) is 1. The smallest absolute Gasteiger partial charge is 0.163 e. The largest absolute Gasteiger partial charge is 0.365 e. The van der Waals surface area contributed by atoms with Crippen LogP contribution in [0.4, 0.5) is 20.3 Å². The number of rotatable bonds is 3. The molecule has 0 bridgehead atoms. The molecule has 0 amide bonds. The molecule has 0 radical (unpaired) electrons. The van der Waals surface area contributed by atoms with Crippen LogP contribution in [0.5, 0.6) is 0 Å². The molecule has 112 valence electrons. The quantitative estimate of drug-likeness (QED) is 0.942. The molecule has 0 spiro atoms. The van der Waals surface area contributed by atoms with Gasteiger partial charge >= 0.3 is 0 Å². The molecule has 1 aliphatic rings. The molecule has 5 nitrogen and oxygen atoms in total. The van der Waals surface area contributed by atoms with Crippen molar-refractivity contribution in [2.45, 2.75) is 12.5 Å². The van der Waals surface area contributed by atoms with Crippen LogP contribution in [0.25, 0.3) is 0 Å². The maximum Gasteiger partial charge on any atom is 0.163 e. The van der Waals surface area contributed by atoms with Gasteiger partial charge < -0.3 is 10.2 Å².